The van der Waals surface area contributed by atoms with Crippen molar-refractivity contribution in [3.05, 3.63) is 60.7 Å². The van der Waals surface area contributed by atoms with Gasteiger partial charge in [0.25, 0.3) is 5.92 Å². The molecule has 4 aromatic heterocycles. The Kier molecular flexibility index (Phi) is 5.26. The third kappa shape index (κ3) is 4.10. The smallest absolute Gasteiger partial charge is 0.292 e. The summed E-state index contributed by atoms with van der Waals surface area (Å²) in [7, 11) is 0. The fourth-order valence-electron chi connectivity index (χ4n) is 4.00. The Morgan fingerprint density at radius 3 is 2.81 bits per heavy atom. The average molecular weight is 509 g/mol. The van der Waals surface area contributed by atoms with Crippen molar-refractivity contribution in [3.8, 4) is 11.5 Å². The molecule has 1 aliphatic rings. The number of halogens is 3. The van der Waals surface area contributed by atoms with Gasteiger partial charge in [0.15, 0.2) is 17.3 Å². The van der Waals surface area contributed by atoms with E-state index in [4.69, 9.17) is 4.74 Å². The van der Waals surface area contributed by atoms with Crippen molar-refractivity contribution in [3.63, 3.8) is 0 Å². The van der Waals surface area contributed by atoms with Gasteiger partial charge >= 0.3 is 0 Å². The summed E-state index contributed by atoms with van der Waals surface area (Å²) in [5.74, 6) is -2.96. The van der Waals surface area contributed by atoms with E-state index in [-0.39, 0.29) is 35.1 Å². The van der Waals surface area contributed by atoms with Crippen LogP contribution in [-0.4, -0.2) is 64.8 Å². The molecule has 1 saturated heterocycles. The number of aliphatic hydroxyl groups is 1. The number of anilines is 3. The van der Waals surface area contributed by atoms with Crippen LogP contribution in [-0.2, 0) is 0 Å². The van der Waals surface area contributed by atoms with Crippen LogP contribution < -0.4 is 15.0 Å². The highest BCUT2D eigenvalue weighted by Crippen LogP contribution is 2.34. The Bertz CT molecular complexity index is 1650. The van der Waals surface area contributed by atoms with Gasteiger partial charge in [0, 0.05) is 17.8 Å². The van der Waals surface area contributed by atoms with Crippen molar-refractivity contribution < 1.29 is 23.0 Å². The van der Waals surface area contributed by atoms with E-state index in [9.17, 15) is 13.9 Å². The second-order valence-electron chi connectivity index (χ2n) is 8.49. The lowest BCUT2D eigenvalue weighted by Gasteiger charge is -2.16. The van der Waals surface area contributed by atoms with Crippen molar-refractivity contribution in [2.75, 3.05) is 23.3 Å². The van der Waals surface area contributed by atoms with Gasteiger partial charge in [0.05, 0.1) is 25.0 Å². The summed E-state index contributed by atoms with van der Waals surface area (Å²) >= 11 is 0. The highest BCUT2D eigenvalue weighted by atomic mass is 19.3. The number of hydrogen-bond acceptors (Lipinski definition) is 10. The van der Waals surface area contributed by atoms with E-state index in [1.54, 1.807) is 35.8 Å². The molecule has 1 atom stereocenters. The van der Waals surface area contributed by atoms with Gasteiger partial charge in [0.2, 0.25) is 5.95 Å². The number of alkyl halides is 2. The van der Waals surface area contributed by atoms with Gasteiger partial charge in [-0.05, 0) is 25.1 Å². The molecule has 2 N–H and O–H groups in total. The molecule has 0 bridgehead atoms. The largest absolute Gasteiger partial charge is 0.457 e. The number of pyridine rings is 1. The number of fused-ring (bicyclic) bond motifs is 2. The monoisotopic (exact) mass is 509 g/mol. The van der Waals surface area contributed by atoms with Crippen molar-refractivity contribution in [2.45, 2.75) is 19.0 Å². The van der Waals surface area contributed by atoms with E-state index in [2.05, 4.69) is 35.3 Å². The van der Waals surface area contributed by atoms with Crippen LogP contribution in [0.25, 0.3) is 16.7 Å². The zero-order valence-electron chi connectivity index (χ0n) is 19.2. The summed E-state index contributed by atoms with van der Waals surface area (Å²) in [6.45, 7) is 0.520. The highest BCUT2D eigenvalue weighted by Gasteiger charge is 2.48. The van der Waals surface area contributed by atoms with Crippen molar-refractivity contribution in [1.82, 2.24) is 34.5 Å². The SMILES string of the molecule is Cc1c(Oc2ccn3ncnc3c2)ccc(Nc2ncnc3cnc(N4C[C@@H](O)C(F)(F)C4)nc23)c1F. The molecule has 37 heavy (non-hydrogen) atoms. The van der Waals surface area contributed by atoms with E-state index in [0.717, 1.165) is 0 Å². The second kappa shape index (κ2) is 8.51. The summed E-state index contributed by atoms with van der Waals surface area (Å²) in [5, 5.41) is 16.5. The number of aromatic nitrogens is 7. The van der Waals surface area contributed by atoms with Crippen molar-refractivity contribution in [2.24, 2.45) is 0 Å². The molecule has 11 nitrogen and oxygen atoms in total. The van der Waals surface area contributed by atoms with Crippen molar-refractivity contribution >= 4 is 34.1 Å². The minimum atomic E-state index is -3.28. The summed E-state index contributed by atoms with van der Waals surface area (Å²) in [4.78, 5) is 21.9. The van der Waals surface area contributed by atoms with E-state index in [1.165, 1.54) is 29.8 Å². The Morgan fingerprint density at radius 1 is 1.14 bits per heavy atom. The number of hydrogen-bond donors (Lipinski definition) is 2. The Hall–Kier alpha value is -4.59. The van der Waals surface area contributed by atoms with Gasteiger partial charge in [0.1, 0.15) is 41.3 Å². The van der Waals surface area contributed by atoms with Gasteiger partial charge < -0.3 is 20.1 Å². The molecule has 0 radical (unpaired) electrons. The Labute approximate surface area is 206 Å². The van der Waals surface area contributed by atoms with Gasteiger partial charge in [-0.25, -0.2) is 42.6 Å². The molecule has 0 aliphatic carbocycles. The molecule has 6 rings (SSSR count). The Morgan fingerprint density at radius 2 is 2.00 bits per heavy atom. The first-order valence-electron chi connectivity index (χ1n) is 11.1. The topological polar surface area (TPSA) is 126 Å². The van der Waals surface area contributed by atoms with Gasteiger partial charge in [-0.3, -0.25) is 0 Å². The number of β-amino-alcohol motifs (C(OH)–C–C–N with tert-alkyl or cyclic N) is 1. The number of rotatable bonds is 5. The maximum Gasteiger partial charge on any atom is 0.292 e. The van der Waals surface area contributed by atoms with Crippen LogP contribution in [0.15, 0.2) is 49.3 Å². The molecule has 0 saturated carbocycles. The molecule has 0 unspecified atom stereocenters. The van der Waals surface area contributed by atoms with Crippen LogP contribution in [0.2, 0.25) is 0 Å². The van der Waals surface area contributed by atoms with Crippen LogP contribution in [0.3, 0.4) is 0 Å². The number of benzene rings is 1. The highest BCUT2D eigenvalue weighted by molar-refractivity contribution is 5.87. The van der Waals surface area contributed by atoms with Gasteiger partial charge in [-0.1, -0.05) is 0 Å². The molecule has 0 spiro atoms. The van der Waals surface area contributed by atoms with Crippen LogP contribution in [0.1, 0.15) is 5.56 Å². The van der Waals surface area contributed by atoms with Crippen LogP contribution >= 0.6 is 0 Å². The predicted molar refractivity (Wildman–Crippen MR) is 126 cm³/mol. The second-order valence-corrected chi connectivity index (χ2v) is 8.49. The third-order valence-electron chi connectivity index (χ3n) is 6.00. The summed E-state index contributed by atoms with van der Waals surface area (Å²) in [6.07, 6.45) is 3.88. The normalized spacial score (nSPS) is 17.0. The Balaban J connectivity index is 1.29. The molecule has 0 amide bonds. The molecule has 5 heterocycles. The van der Waals surface area contributed by atoms with Gasteiger partial charge in [-0.15, -0.1) is 0 Å². The standard InChI is InChI=1S/C23H18F3N9O2/c1-12-16(37-13-4-5-35-18(6-13)29-11-31-35)3-2-14(19(12)24)32-21-20-15(28-10-30-21)7-27-22(33-20)34-8-17(36)23(25,26)9-34/h2-7,10-11,17,36H,8-9H2,1H3,(H,28,30,32)/t17-/m1/s1. The maximum absolute atomic E-state index is 15.3. The summed E-state index contributed by atoms with van der Waals surface area (Å²) in [6, 6.07) is 6.45. The average Bonchev–Trinajstić information content (AvgIpc) is 3.46. The molecular formula is C23H18F3N9O2. The maximum atomic E-state index is 15.3. The fraction of sp³-hybridized carbons (Fsp3) is 0.217. The lowest BCUT2D eigenvalue weighted by atomic mass is 10.1. The number of ether oxygens (including phenoxy) is 1. The zero-order chi connectivity index (χ0) is 25.7. The predicted octanol–water partition coefficient (Wildman–Crippen LogP) is 3.26. The van der Waals surface area contributed by atoms with Crippen molar-refractivity contribution in [1.29, 1.82) is 0 Å². The van der Waals surface area contributed by atoms with E-state index < -0.39 is 24.4 Å². The van der Waals surface area contributed by atoms with Crippen LogP contribution in [0, 0.1) is 12.7 Å². The summed E-state index contributed by atoms with van der Waals surface area (Å²) < 4.78 is 50.4. The van der Waals surface area contributed by atoms with Crippen LogP contribution in [0.4, 0.5) is 30.6 Å². The van der Waals surface area contributed by atoms with Crippen LogP contribution in [0.5, 0.6) is 11.5 Å². The fourth-order valence-corrected chi connectivity index (χ4v) is 4.00. The number of nitrogens with zero attached hydrogens (tertiary/aromatic N) is 8. The molecule has 1 fully saturated rings. The molecule has 188 valence electrons. The minimum absolute atomic E-state index is 0.0216. The van der Waals surface area contributed by atoms with E-state index in [0.29, 0.717) is 22.7 Å². The lowest BCUT2D eigenvalue weighted by molar-refractivity contribution is -0.0712. The minimum Gasteiger partial charge on any atom is -0.457 e. The molecule has 1 aliphatic heterocycles. The van der Waals surface area contributed by atoms with E-state index >= 15 is 4.39 Å². The summed E-state index contributed by atoms with van der Waals surface area (Å²) in [5.41, 5.74) is 1.46. The molecule has 1 aromatic carbocycles. The molecular weight excluding hydrogens is 491 g/mol. The number of aliphatic hydroxyl groups excluding tert-OH is 1. The third-order valence-corrected chi connectivity index (χ3v) is 6.00. The van der Waals surface area contributed by atoms with E-state index in [1.807, 2.05) is 0 Å². The zero-order valence-corrected chi connectivity index (χ0v) is 19.2. The quantitative estimate of drug-likeness (QED) is 0.365. The molecule has 5 aromatic rings. The first kappa shape index (κ1) is 22.8. The first-order valence-corrected chi connectivity index (χ1v) is 11.1. The van der Waals surface area contributed by atoms with Gasteiger partial charge in [-0.2, -0.15) is 5.10 Å². The molecule has 14 heteroatoms. The number of nitrogens with one attached hydrogen (secondary N) is 1. The first-order chi connectivity index (χ1) is 17.8. The lowest BCUT2D eigenvalue weighted by Crippen LogP contribution is -2.31.